The van der Waals surface area contributed by atoms with Gasteiger partial charge < -0.3 is 29.7 Å². The first-order valence-electron chi connectivity index (χ1n) is 11.8. The highest BCUT2D eigenvalue weighted by atomic mass is 16.5. The Balaban J connectivity index is 1.64. The van der Waals surface area contributed by atoms with Crippen molar-refractivity contribution in [2.75, 3.05) is 39.7 Å². The molecule has 4 rings (SSSR count). The normalized spacial score (nSPS) is 14.4. The molecule has 0 bridgehead atoms. The average Bonchev–Trinajstić information content (AvgIpc) is 2.91. The van der Waals surface area contributed by atoms with Crippen LogP contribution in [0.1, 0.15) is 33.1 Å². The van der Waals surface area contributed by atoms with Crippen molar-refractivity contribution in [2.24, 2.45) is 0 Å². The van der Waals surface area contributed by atoms with E-state index in [4.69, 9.17) is 14.2 Å². The Kier molecular flexibility index (Phi) is 7.63. The fraction of sp³-hybridized carbons (Fsp3) is 0.286. The molecule has 1 aliphatic rings. The molecule has 8 heteroatoms. The van der Waals surface area contributed by atoms with Crippen molar-refractivity contribution in [3.05, 3.63) is 82.9 Å². The molecule has 0 unspecified atom stereocenters. The minimum atomic E-state index is -0.419. The van der Waals surface area contributed by atoms with Crippen LogP contribution in [0, 0.1) is 6.92 Å². The van der Waals surface area contributed by atoms with Crippen molar-refractivity contribution in [3.8, 4) is 17.2 Å². The Morgan fingerprint density at radius 2 is 1.58 bits per heavy atom. The molecule has 0 saturated heterocycles. The number of aryl methyl sites for hydroxylation is 1. The summed E-state index contributed by atoms with van der Waals surface area (Å²) in [4.78, 5) is 28.1. The van der Waals surface area contributed by atoms with Gasteiger partial charge in [0, 0.05) is 18.7 Å². The standard InChI is InChI=1S/C28H31N3O5/c1-18-9-11-19(12-10-18)27(32)29-17-23-21-16-26(36-4)25(35-3)15-20(21)13-14-31(23)28(33)30-22-7-5-6-8-24(22)34-2/h5-12,15-16,23H,13-14,17H2,1-4H3,(H,29,32)(H,30,33)/t23-/m0/s1. The Labute approximate surface area is 211 Å². The van der Waals surface area contributed by atoms with Crippen LogP contribution in [0.3, 0.4) is 0 Å². The van der Waals surface area contributed by atoms with Gasteiger partial charge in [0.05, 0.1) is 33.1 Å². The summed E-state index contributed by atoms with van der Waals surface area (Å²) in [6.45, 7) is 2.67. The predicted octanol–water partition coefficient (Wildman–Crippen LogP) is 4.58. The average molecular weight is 490 g/mol. The monoisotopic (exact) mass is 489 g/mol. The number of benzene rings is 3. The summed E-state index contributed by atoms with van der Waals surface area (Å²) in [5.41, 5.74) is 4.16. The van der Waals surface area contributed by atoms with E-state index in [1.54, 1.807) is 50.5 Å². The quantitative estimate of drug-likeness (QED) is 0.507. The van der Waals surface area contributed by atoms with Crippen molar-refractivity contribution < 1.29 is 23.8 Å². The number of nitrogens with zero attached hydrogens (tertiary/aromatic N) is 1. The first kappa shape index (κ1) is 24.9. The molecule has 1 atom stereocenters. The van der Waals surface area contributed by atoms with Crippen LogP contribution < -0.4 is 24.8 Å². The molecule has 0 radical (unpaired) electrons. The second kappa shape index (κ2) is 11.0. The maximum atomic E-state index is 13.5. The van der Waals surface area contributed by atoms with Gasteiger partial charge in [0.15, 0.2) is 11.5 Å². The van der Waals surface area contributed by atoms with E-state index in [1.165, 1.54) is 0 Å². The van der Waals surface area contributed by atoms with E-state index in [0.717, 1.165) is 16.7 Å². The lowest BCUT2D eigenvalue weighted by molar-refractivity contribution is 0.0936. The van der Waals surface area contributed by atoms with Crippen molar-refractivity contribution in [2.45, 2.75) is 19.4 Å². The number of carbonyl (C=O) groups is 2. The lowest BCUT2D eigenvalue weighted by Gasteiger charge is -2.38. The third-order valence-corrected chi connectivity index (χ3v) is 6.38. The van der Waals surface area contributed by atoms with Gasteiger partial charge in [-0.25, -0.2) is 4.79 Å². The summed E-state index contributed by atoms with van der Waals surface area (Å²) >= 11 is 0. The molecule has 0 aromatic heterocycles. The zero-order valence-electron chi connectivity index (χ0n) is 21.0. The van der Waals surface area contributed by atoms with Crippen LogP contribution in [-0.2, 0) is 6.42 Å². The molecule has 0 saturated carbocycles. The number of hydrogen-bond donors (Lipinski definition) is 2. The van der Waals surface area contributed by atoms with E-state index in [0.29, 0.717) is 41.5 Å². The van der Waals surface area contributed by atoms with Crippen molar-refractivity contribution >= 4 is 17.6 Å². The second-order valence-corrected chi connectivity index (χ2v) is 8.57. The summed E-state index contributed by atoms with van der Waals surface area (Å²) in [5, 5.41) is 5.97. The first-order valence-corrected chi connectivity index (χ1v) is 11.8. The van der Waals surface area contributed by atoms with Gasteiger partial charge in [-0.05, 0) is 60.9 Å². The SMILES string of the molecule is COc1ccccc1NC(=O)N1CCc2cc(OC)c(OC)cc2[C@@H]1CNC(=O)c1ccc(C)cc1. The molecule has 3 aromatic carbocycles. The van der Waals surface area contributed by atoms with Crippen molar-refractivity contribution in [3.63, 3.8) is 0 Å². The van der Waals surface area contributed by atoms with Crippen molar-refractivity contribution in [1.82, 2.24) is 10.2 Å². The van der Waals surface area contributed by atoms with Crippen LogP contribution in [0.15, 0.2) is 60.7 Å². The van der Waals surface area contributed by atoms with Gasteiger partial charge in [-0.3, -0.25) is 4.79 Å². The Morgan fingerprint density at radius 1 is 0.917 bits per heavy atom. The van der Waals surface area contributed by atoms with Gasteiger partial charge in [0.1, 0.15) is 5.75 Å². The molecule has 2 N–H and O–H groups in total. The molecule has 3 aromatic rings. The highest BCUT2D eigenvalue weighted by Gasteiger charge is 2.33. The molecule has 0 aliphatic carbocycles. The van der Waals surface area contributed by atoms with E-state index in [2.05, 4.69) is 10.6 Å². The van der Waals surface area contributed by atoms with Crippen LogP contribution in [-0.4, -0.2) is 51.3 Å². The number of para-hydroxylation sites is 2. The fourth-order valence-corrected chi connectivity index (χ4v) is 4.42. The lowest BCUT2D eigenvalue weighted by Crippen LogP contribution is -2.47. The fourth-order valence-electron chi connectivity index (χ4n) is 4.42. The molecule has 188 valence electrons. The smallest absolute Gasteiger partial charge is 0.322 e. The van der Waals surface area contributed by atoms with Crippen LogP contribution in [0.4, 0.5) is 10.5 Å². The van der Waals surface area contributed by atoms with Gasteiger partial charge in [-0.2, -0.15) is 0 Å². The number of nitrogens with one attached hydrogen (secondary N) is 2. The van der Waals surface area contributed by atoms with E-state index in [-0.39, 0.29) is 18.5 Å². The van der Waals surface area contributed by atoms with Gasteiger partial charge in [0.25, 0.3) is 5.91 Å². The van der Waals surface area contributed by atoms with E-state index < -0.39 is 6.04 Å². The molecule has 0 fully saturated rings. The van der Waals surface area contributed by atoms with Gasteiger partial charge in [-0.1, -0.05) is 29.8 Å². The number of amides is 3. The van der Waals surface area contributed by atoms with Crippen LogP contribution >= 0.6 is 0 Å². The first-order chi connectivity index (χ1) is 17.4. The zero-order chi connectivity index (χ0) is 25.7. The number of hydrogen-bond acceptors (Lipinski definition) is 5. The highest BCUT2D eigenvalue weighted by Crippen LogP contribution is 2.38. The largest absolute Gasteiger partial charge is 0.495 e. The molecule has 8 nitrogen and oxygen atoms in total. The topological polar surface area (TPSA) is 89.1 Å². The molecular weight excluding hydrogens is 458 g/mol. The van der Waals surface area contributed by atoms with Crippen molar-refractivity contribution in [1.29, 1.82) is 0 Å². The predicted molar refractivity (Wildman–Crippen MR) is 138 cm³/mol. The van der Waals surface area contributed by atoms with Crippen LogP contribution in [0.2, 0.25) is 0 Å². The second-order valence-electron chi connectivity index (χ2n) is 8.57. The van der Waals surface area contributed by atoms with E-state index in [1.807, 2.05) is 43.3 Å². The number of carbonyl (C=O) groups excluding carboxylic acids is 2. The van der Waals surface area contributed by atoms with Crippen LogP contribution in [0.25, 0.3) is 0 Å². The van der Waals surface area contributed by atoms with Gasteiger partial charge in [0.2, 0.25) is 0 Å². The van der Waals surface area contributed by atoms with Crippen LogP contribution in [0.5, 0.6) is 17.2 Å². The van der Waals surface area contributed by atoms with E-state index >= 15 is 0 Å². The minimum Gasteiger partial charge on any atom is -0.495 e. The van der Waals surface area contributed by atoms with E-state index in [9.17, 15) is 9.59 Å². The summed E-state index contributed by atoms with van der Waals surface area (Å²) in [6, 6.07) is 17.8. The molecule has 3 amide bonds. The number of rotatable bonds is 7. The molecule has 1 aliphatic heterocycles. The minimum absolute atomic E-state index is 0.201. The Bertz CT molecular complexity index is 1240. The molecular formula is C28H31N3O5. The maximum Gasteiger partial charge on any atom is 0.322 e. The summed E-state index contributed by atoms with van der Waals surface area (Å²) in [5.74, 6) is 1.57. The maximum absolute atomic E-state index is 13.5. The number of ether oxygens (including phenoxy) is 3. The third-order valence-electron chi connectivity index (χ3n) is 6.38. The van der Waals surface area contributed by atoms with Gasteiger partial charge >= 0.3 is 6.03 Å². The molecule has 0 spiro atoms. The molecule has 1 heterocycles. The summed E-state index contributed by atoms with van der Waals surface area (Å²) in [6.07, 6.45) is 0.636. The Hall–Kier alpha value is -4.20. The lowest BCUT2D eigenvalue weighted by atomic mass is 9.91. The Morgan fingerprint density at radius 3 is 2.28 bits per heavy atom. The number of fused-ring (bicyclic) bond motifs is 1. The number of methoxy groups -OCH3 is 3. The molecule has 36 heavy (non-hydrogen) atoms. The number of urea groups is 1. The highest BCUT2D eigenvalue weighted by molar-refractivity contribution is 5.94. The third kappa shape index (κ3) is 5.22. The van der Waals surface area contributed by atoms with Gasteiger partial charge in [-0.15, -0.1) is 0 Å². The zero-order valence-corrected chi connectivity index (χ0v) is 21.0. The summed E-state index contributed by atoms with van der Waals surface area (Å²) < 4.78 is 16.4. The number of anilines is 1. The summed E-state index contributed by atoms with van der Waals surface area (Å²) in [7, 11) is 4.73.